The fourth-order valence-corrected chi connectivity index (χ4v) is 2.07. The number of benzene rings is 1. The number of hydrogen-bond acceptors (Lipinski definition) is 2. The Hall–Kier alpha value is -1.23. The van der Waals surface area contributed by atoms with E-state index >= 15 is 0 Å². The van der Waals surface area contributed by atoms with Crippen molar-refractivity contribution in [2.24, 2.45) is 5.73 Å². The predicted molar refractivity (Wildman–Crippen MR) is 63.7 cm³/mol. The average Bonchev–Trinajstić information content (AvgIpc) is 2.69. The highest BCUT2D eigenvalue weighted by Gasteiger charge is 2.21. The van der Waals surface area contributed by atoms with Crippen molar-refractivity contribution < 1.29 is 8.78 Å². The summed E-state index contributed by atoms with van der Waals surface area (Å²) in [5.74, 6) is -1.19. The van der Waals surface area contributed by atoms with Gasteiger partial charge in [0.1, 0.15) is 22.3 Å². The lowest BCUT2D eigenvalue weighted by Crippen LogP contribution is -2.21. The van der Waals surface area contributed by atoms with Gasteiger partial charge < -0.3 is 10.6 Å². The third-order valence-corrected chi connectivity index (χ3v) is 2.96. The topological polar surface area (TPSA) is 29.3 Å². The second-order valence-electron chi connectivity index (χ2n) is 3.85. The Morgan fingerprint density at radius 2 is 1.69 bits per heavy atom. The molecule has 1 fully saturated rings. The van der Waals surface area contributed by atoms with E-state index in [1.165, 1.54) is 12.1 Å². The van der Waals surface area contributed by atoms with E-state index in [2.05, 4.69) is 0 Å². The Kier molecular flexibility index (Phi) is 3.05. The summed E-state index contributed by atoms with van der Waals surface area (Å²) >= 11 is 4.69. The van der Waals surface area contributed by atoms with Crippen LogP contribution in [0.3, 0.4) is 0 Å². The first-order valence-corrected chi connectivity index (χ1v) is 5.54. The van der Waals surface area contributed by atoms with Gasteiger partial charge in [-0.15, -0.1) is 0 Å². The first-order valence-electron chi connectivity index (χ1n) is 5.13. The second-order valence-corrected chi connectivity index (χ2v) is 4.29. The molecule has 0 bridgehead atoms. The van der Waals surface area contributed by atoms with Crippen LogP contribution in [-0.4, -0.2) is 18.1 Å². The molecule has 0 amide bonds. The highest BCUT2D eigenvalue weighted by molar-refractivity contribution is 7.80. The van der Waals surface area contributed by atoms with Crippen LogP contribution in [0.1, 0.15) is 18.4 Å². The van der Waals surface area contributed by atoms with Gasteiger partial charge in [0.05, 0.1) is 0 Å². The van der Waals surface area contributed by atoms with E-state index in [1.807, 2.05) is 0 Å². The largest absolute Gasteiger partial charge is 0.389 e. The summed E-state index contributed by atoms with van der Waals surface area (Å²) in [6.07, 6.45) is 1.94. The Balaban J connectivity index is 2.42. The van der Waals surface area contributed by atoms with Crippen LogP contribution < -0.4 is 10.6 Å². The molecule has 0 radical (unpaired) electrons. The molecule has 0 aliphatic carbocycles. The molecular formula is C11H12F2N2S. The van der Waals surface area contributed by atoms with Crippen molar-refractivity contribution in [2.75, 3.05) is 18.0 Å². The van der Waals surface area contributed by atoms with Crippen LogP contribution in [-0.2, 0) is 0 Å². The van der Waals surface area contributed by atoms with E-state index in [9.17, 15) is 8.78 Å². The molecule has 86 valence electrons. The van der Waals surface area contributed by atoms with Crippen LogP contribution in [0.25, 0.3) is 0 Å². The molecule has 1 saturated heterocycles. The zero-order valence-electron chi connectivity index (χ0n) is 8.67. The summed E-state index contributed by atoms with van der Waals surface area (Å²) in [6, 6.07) is 2.39. The third-order valence-electron chi connectivity index (χ3n) is 2.72. The zero-order valence-corrected chi connectivity index (χ0v) is 9.49. The highest BCUT2D eigenvalue weighted by Crippen LogP contribution is 2.27. The number of anilines is 1. The molecule has 1 aliphatic rings. The number of rotatable bonds is 2. The number of thiocarbonyl (C=S) groups is 1. The van der Waals surface area contributed by atoms with Crippen molar-refractivity contribution in [3.63, 3.8) is 0 Å². The molecular weight excluding hydrogens is 230 g/mol. The van der Waals surface area contributed by atoms with Gasteiger partial charge in [0, 0.05) is 18.7 Å². The summed E-state index contributed by atoms with van der Waals surface area (Å²) in [4.78, 5) is 1.72. The SMILES string of the molecule is NC(=S)c1cc(F)c(N2CCCC2)c(F)c1. The molecule has 1 heterocycles. The van der Waals surface area contributed by atoms with Crippen molar-refractivity contribution >= 4 is 22.9 Å². The monoisotopic (exact) mass is 242 g/mol. The van der Waals surface area contributed by atoms with Gasteiger partial charge in [-0.05, 0) is 25.0 Å². The molecule has 1 aromatic rings. The zero-order chi connectivity index (χ0) is 11.7. The number of nitrogens with two attached hydrogens (primary N) is 1. The van der Waals surface area contributed by atoms with Crippen molar-refractivity contribution in [1.82, 2.24) is 0 Å². The van der Waals surface area contributed by atoms with Crippen LogP contribution in [0, 0.1) is 11.6 Å². The average molecular weight is 242 g/mol. The molecule has 1 aliphatic heterocycles. The molecule has 16 heavy (non-hydrogen) atoms. The van der Waals surface area contributed by atoms with Gasteiger partial charge in [0.2, 0.25) is 0 Å². The summed E-state index contributed by atoms with van der Waals surface area (Å²) in [5.41, 5.74) is 5.61. The summed E-state index contributed by atoms with van der Waals surface area (Å²) < 4.78 is 27.5. The van der Waals surface area contributed by atoms with E-state index < -0.39 is 11.6 Å². The fraction of sp³-hybridized carbons (Fsp3) is 0.364. The Labute approximate surface area is 98.0 Å². The molecule has 2 N–H and O–H groups in total. The molecule has 0 atom stereocenters. The summed E-state index contributed by atoms with van der Waals surface area (Å²) in [7, 11) is 0. The molecule has 2 rings (SSSR count). The lowest BCUT2D eigenvalue weighted by atomic mass is 10.1. The van der Waals surface area contributed by atoms with E-state index in [-0.39, 0.29) is 16.2 Å². The van der Waals surface area contributed by atoms with Crippen LogP contribution in [0.2, 0.25) is 0 Å². The van der Waals surface area contributed by atoms with Gasteiger partial charge in [-0.1, -0.05) is 12.2 Å². The quantitative estimate of drug-likeness (QED) is 0.806. The highest BCUT2D eigenvalue weighted by atomic mass is 32.1. The summed E-state index contributed by atoms with van der Waals surface area (Å²) in [6.45, 7) is 1.39. The van der Waals surface area contributed by atoms with Crippen LogP contribution >= 0.6 is 12.2 Å². The van der Waals surface area contributed by atoms with E-state index in [0.717, 1.165) is 12.8 Å². The fourth-order valence-electron chi connectivity index (χ4n) is 1.95. The second kappa shape index (κ2) is 4.33. The maximum absolute atomic E-state index is 13.7. The van der Waals surface area contributed by atoms with Gasteiger partial charge in [-0.2, -0.15) is 0 Å². The number of hydrogen-bond donors (Lipinski definition) is 1. The Morgan fingerprint density at radius 3 is 2.12 bits per heavy atom. The standard InChI is InChI=1S/C11H12F2N2S/c12-8-5-7(11(14)16)6-9(13)10(8)15-3-1-2-4-15/h5-6H,1-4H2,(H2,14,16). The minimum atomic E-state index is -0.593. The molecule has 0 spiro atoms. The summed E-state index contributed by atoms with van der Waals surface area (Å²) in [5, 5.41) is 0. The van der Waals surface area contributed by atoms with E-state index in [1.54, 1.807) is 4.90 Å². The van der Waals surface area contributed by atoms with Crippen LogP contribution in [0.15, 0.2) is 12.1 Å². The van der Waals surface area contributed by atoms with Crippen molar-refractivity contribution in [2.45, 2.75) is 12.8 Å². The number of halogens is 2. The Morgan fingerprint density at radius 1 is 1.19 bits per heavy atom. The Bertz CT molecular complexity index is 405. The smallest absolute Gasteiger partial charge is 0.150 e. The van der Waals surface area contributed by atoms with E-state index in [0.29, 0.717) is 13.1 Å². The molecule has 0 saturated carbocycles. The van der Waals surface area contributed by atoms with Crippen molar-refractivity contribution in [3.8, 4) is 0 Å². The molecule has 5 heteroatoms. The lowest BCUT2D eigenvalue weighted by Gasteiger charge is -2.19. The van der Waals surface area contributed by atoms with Gasteiger partial charge in [0.15, 0.2) is 0 Å². The first kappa shape index (κ1) is 11.3. The van der Waals surface area contributed by atoms with Crippen molar-refractivity contribution in [3.05, 3.63) is 29.3 Å². The molecule has 0 aromatic heterocycles. The molecule has 1 aromatic carbocycles. The maximum atomic E-state index is 13.7. The normalized spacial score (nSPS) is 15.5. The maximum Gasteiger partial charge on any atom is 0.150 e. The minimum absolute atomic E-state index is 0.00534. The van der Waals surface area contributed by atoms with Gasteiger partial charge >= 0.3 is 0 Å². The van der Waals surface area contributed by atoms with Gasteiger partial charge in [-0.25, -0.2) is 8.78 Å². The van der Waals surface area contributed by atoms with Gasteiger partial charge in [0.25, 0.3) is 0 Å². The van der Waals surface area contributed by atoms with Gasteiger partial charge in [-0.3, -0.25) is 0 Å². The minimum Gasteiger partial charge on any atom is -0.389 e. The van der Waals surface area contributed by atoms with Crippen LogP contribution in [0.5, 0.6) is 0 Å². The number of nitrogens with zero attached hydrogens (tertiary/aromatic N) is 1. The third kappa shape index (κ3) is 2.00. The van der Waals surface area contributed by atoms with Crippen LogP contribution in [0.4, 0.5) is 14.5 Å². The predicted octanol–water partition coefficient (Wildman–Crippen LogP) is 2.20. The van der Waals surface area contributed by atoms with Crippen molar-refractivity contribution in [1.29, 1.82) is 0 Å². The van der Waals surface area contributed by atoms with E-state index in [4.69, 9.17) is 18.0 Å². The first-order chi connectivity index (χ1) is 7.59. The molecule has 2 nitrogen and oxygen atoms in total. The molecule has 0 unspecified atom stereocenters. The lowest BCUT2D eigenvalue weighted by molar-refractivity contribution is 0.577.